The van der Waals surface area contributed by atoms with Crippen molar-refractivity contribution in [2.45, 2.75) is 13.6 Å². The first kappa shape index (κ1) is 102. The number of aromatic hydroxyl groups is 2. The molecule has 115 heavy (non-hydrogen) atoms. The first-order chi connectivity index (χ1) is 53.0. The smallest absolute Gasteiger partial charge is 1.00 e. The molecule has 0 saturated carbocycles. The normalized spacial score (nSPS) is 9.85. The number of alkyl halides is 4. The summed E-state index contributed by atoms with van der Waals surface area (Å²) in [5.74, 6) is -3.74. The van der Waals surface area contributed by atoms with Gasteiger partial charge in [0.15, 0.2) is 69.9 Å². The van der Waals surface area contributed by atoms with Crippen molar-refractivity contribution >= 4 is 108 Å². The number of H-pyrrole nitrogens is 2. The predicted octanol–water partition coefficient (Wildman–Crippen LogP) is 4.54. The van der Waals surface area contributed by atoms with Gasteiger partial charge >= 0.3 is 127 Å². The number of aliphatic carboxylic acids is 1. The van der Waals surface area contributed by atoms with Gasteiger partial charge in [0.25, 0.3) is 23.5 Å². The molecule has 0 unspecified atom stereocenters. The SMILES string of the molecule is C.COc1cc(N)c(C(=O)O)cc1OC.COc1cc(N)c(C(=O)OCC(=O)c2ccccc2[N+](=O)[O-])cc1OC.COc1cc2[nH]c(-c3ccccc3N)c(O)c(=O)c2cc1OC.COc1cc2[nH]c(-c3ccccc3[N+](=O)[O-])c(O)c(=O)c2cc1OC.O=C(CBr)c1ccccc1[N+](=O)[O-].O=C(O)C(F)(F)F.O=CO[O-].[H-].[K+].[K+]. The van der Waals surface area contributed by atoms with Gasteiger partial charge in [-0.1, -0.05) is 78.0 Å². The summed E-state index contributed by atoms with van der Waals surface area (Å²) in [6.45, 7) is -0.850. The third kappa shape index (κ3) is 27.4. The van der Waals surface area contributed by atoms with Crippen LogP contribution in [0.3, 0.4) is 0 Å². The average molecular weight is 1730 g/mol. The number of rotatable bonds is 21. The van der Waals surface area contributed by atoms with E-state index in [4.69, 9.17) is 84.9 Å². The zero-order chi connectivity index (χ0) is 84.0. The van der Waals surface area contributed by atoms with Gasteiger partial charge in [0, 0.05) is 65.8 Å². The van der Waals surface area contributed by atoms with Gasteiger partial charge in [-0.2, -0.15) is 13.2 Å². The number of aromatic carboxylic acids is 1. The van der Waals surface area contributed by atoms with Crippen molar-refractivity contribution in [2.24, 2.45) is 0 Å². The molecule has 10 aromatic rings. The first-order valence-corrected chi connectivity index (χ1v) is 31.8. The molecule has 2 heterocycles. The van der Waals surface area contributed by atoms with E-state index in [1.807, 2.05) is 0 Å². The van der Waals surface area contributed by atoms with Crippen LogP contribution < -0.4 is 174 Å². The zero-order valence-corrected chi connectivity index (χ0v) is 69.3. The van der Waals surface area contributed by atoms with E-state index in [2.05, 4.69) is 30.8 Å². The van der Waals surface area contributed by atoms with Crippen LogP contribution in [0.4, 0.5) is 47.3 Å². The number of nitrogen functional groups attached to an aromatic ring is 3. The molecule has 0 atom stereocenters. The summed E-state index contributed by atoms with van der Waals surface area (Å²) in [5, 5.41) is 78.2. The van der Waals surface area contributed by atoms with E-state index in [1.165, 1.54) is 160 Å². The van der Waals surface area contributed by atoms with Crippen molar-refractivity contribution in [2.75, 3.05) is 86.0 Å². The number of nitrogens with zero attached hydrogens (tertiary/aromatic N) is 3. The van der Waals surface area contributed by atoms with Crippen LogP contribution in [-0.4, -0.2) is 156 Å². The number of carbonyl (C=O) groups excluding carboxylic acids is 4. The fourth-order valence-corrected chi connectivity index (χ4v) is 9.72. The van der Waals surface area contributed by atoms with Crippen LogP contribution in [0, 0.1) is 30.3 Å². The number of carbonyl (C=O) groups is 6. The molecule has 0 fully saturated rings. The van der Waals surface area contributed by atoms with E-state index in [0.29, 0.717) is 67.9 Å². The Balaban J connectivity index is 0.00000139. The molecule has 8 aromatic carbocycles. The Morgan fingerprint density at radius 1 is 0.496 bits per heavy atom. The van der Waals surface area contributed by atoms with Crippen molar-refractivity contribution in [1.29, 1.82) is 0 Å². The van der Waals surface area contributed by atoms with Crippen LogP contribution in [0.15, 0.2) is 155 Å². The Labute approximate surface area is 742 Å². The number of aromatic nitrogens is 2. The largest absolute Gasteiger partial charge is 1.00 e. The van der Waals surface area contributed by atoms with Crippen molar-refractivity contribution in [3.63, 3.8) is 0 Å². The number of esters is 1. The van der Waals surface area contributed by atoms with Crippen molar-refractivity contribution in [3.05, 3.63) is 219 Å². The molecule has 12 N–H and O–H groups in total. The van der Waals surface area contributed by atoms with Crippen molar-refractivity contribution < 1.29 is 234 Å². The quantitative estimate of drug-likeness (QED) is 0.00548. The summed E-state index contributed by atoms with van der Waals surface area (Å²) in [4.78, 5) is 128. The molecular weight excluding hydrogens is 1660 g/mol. The molecule has 0 spiro atoms. The van der Waals surface area contributed by atoms with E-state index >= 15 is 0 Å². The second-order valence-corrected chi connectivity index (χ2v) is 21.8. The summed E-state index contributed by atoms with van der Waals surface area (Å²) >= 11 is 2.96. The van der Waals surface area contributed by atoms with Crippen LogP contribution in [0.1, 0.15) is 50.3 Å². The van der Waals surface area contributed by atoms with Gasteiger partial charge < -0.3 is 102 Å². The number of benzene rings is 8. The fourth-order valence-electron chi connectivity index (χ4n) is 9.42. The molecule has 0 saturated heterocycles. The number of fused-ring (bicyclic) bond motifs is 2. The topological polar surface area (TPSA) is 572 Å². The number of anilines is 3. The van der Waals surface area contributed by atoms with E-state index in [1.54, 1.807) is 42.5 Å². The number of para-hydroxylation sites is 4. The number of hydrogen-bond acceptors (Lipinski definition) is 30. The van der Waals surface area contributed by atoms with E-state index in [-0.39, 0.29) is 214 Å². The van der Waals surface area contributed by atoms with Crippen LogP contribution in [0.2, 0.25) is 0 Å². The Morgan fingerprint density at radius 3 is 1.17 bits per heavy atom. The Morgan fingerprint density at radius 2 is 0.809 bits per heavy atom. The van der Waals surface area contributed by atoms with Crippen LogP contribution >= 0.6 is 15.9 Å². The number of nitrogens with two attached hydrogens (primary N) is 3. The van der Waals surface area contributed by atoms with E-state index < -0.39 is 67.9 Å². The number of Topliss-reactive ketones (excluding diaryl/α,β-unsaturated/α-hetero) is 2. The number of nitro groups is 3. The van der Waals surface area contributed by atoms with Gasteiger partial charge in [-0.25, -0.2) is 14.4 Å². The van der Waals surface area contributed by atoms with Gasteiger partial charge in [0.05, 0.1) is 149 Å². The minimum atomic E-state index is -5.08. The number of pyridine rings is 2. The summed E-state index contributed by atoms with van der Waals surface area (Å²) in [7, 11) is 11.6. The number of aromatic amines is 2. The Kier molecular flexibility index (Phi) is 42.8. The number of ether oxygens (including phenoxy) is 9. The second-order valence-electron chi connectivity index (χ2n) is 21.2. The number of carboxylic acids is 2. The van der Waals surface area contributed by atoms with Gasteiger partial charge in [-0.05, 0) is 36.4 Å². The second kappa shape index (κ2) is 48.5. The standard InChI is InChI=1S/C17H16N2O7.C17H14N2O6.C17H16N2O4.C9H11NO4.C8H6BrNO3.C2HF3O2.CH2O3.CH4.2K.H/c1-24-15-7-11(12(18)8-16(15)25-2)17(21)26-9-14(20)10-5-3-4-6-13(10)19(22)23;1-24-13-7-10-11(8-14(13)25-2)18-15(17(21)16(10)20)9-5-3-4-6-12(9)19(22)23;1-22-13-7-10-12(8-14(13)23-2)19-15(17(21)16(10)20)9-5-3-4-6-11(9)18;1-13-7-3-5(9(11)12)6(10)4-8(7)14-2;9-5-8(11)6-3-1-2-4-7(6)10(12)13;3-2(4,5)1(6)7;2-1-4-3;;;;/h3-8H,9,18H2,1-2H3;3-8,21H,1-2H3,(H,18,20);3-8,21H,18H2,1-2H3,(H,19,20);3-4H,10H2,1-2H3,(H,11,12);1-4H,5H2;(H,6,7);1,3H;1H4;;;/q;;;;;;;;2*+1;-1/p-1. The maximum absolute atomic E-state index is 12.5. The molecule has 0 aliphatic heterocycles. The van der Waals surface area contributed by atoms with Crippen LogP contribution in [0.5, 0.6) is 57.5 Å². The average Bonchev–Trinajstić information content (AvgIpc) is 0.767. The van der Waals surface area contributed by atoms with Gasteiger partial charge in [-0.3, -0.25) is 54.3 Å². The molecule has 10 rings (SSSR count). The number of carboxylic acid groups (broad SMARTS) is 2. The Hall–Kier alpha value is -11.5. The number of methoxy groups -OCH3 is 8. The maximum Gasteiger partial charge on any atom is 1.00 e. The molecule has 602 valence electrons. The molecule has 0 aliphatic carbocycles. The van der Waals surface area contributed by atoms with Gasteiger partial charge in [0.2, 0.25) is 16.6 Å². The molecule has 37 nitrogen and oxygen atoms in total. The van der Waals surface area contributed by atoms with Crippen molar-refractivity contribution in [1.82, 2.24) is 9.97 Å². The number of halogens is 4. The summed E-state index contributed by atoms with van der Waals surface area (Å²) in [5.41, 5.74) is 17.8. The molecule has 0 amide bonds. The van der Waals surface area contributed by atoms with Gasteiger partial charge in [0.1, 0.15) is 0 Å². The monoisotopic (exact) mass is 1720 g/mol. The first-order valence-electron chi connectivity index (χ1n) is 30.7. The number of nitrogens with one attached hydrogen (secondary N) is 2. The summed E-state index contributed by atoms with van der Waals surface area (Å²) in [6.07, 6.45) is -5.08. The van der Waals surface area contributed by atoms with Crippen LogP contribution in [0.25, 0.3) is 44.3 Å². The molecule has 0 aliphatic rings. The third-order valence-electron chi connectivity index (χ3n) is 14.7. The fraction of sp³-hybridized carbons (Fsp3) is 0.167. The molecular formula is C72H70BrF3K2N8O29. The third-order valence-corrected chi connectivity index (χ3v) is 15.2. The zero-order valence-electron chi connectivity index (χ0n) is 62.4. The molecule has 0 bridgehead atoms. The molecule has 0 radical (unpaired) electrons. The maximum atomic E-state index is 12.5. The predicted molar refractivity (Wildman–Crippen MR) is 403 cm³/mol. The summed E-state index contributed by atoms with van der Waals surface area (Å²) < 4.78 is 77.5. The molecule has 2 aromatic heterocycles. The molecule has 43 heteroatoms. The summed E-state index contributed by atoms with van der Waals surface area (Å²) in [6, 6.07) is 35.7. The number of hydrogen-bond donors (Lipinski definition) is 9. The van der Waals surface area contributed by atoms with Crippen molar-refractivity contribution in [3.8, 4) is 80.0 Å². The minimum Gasteiger partial charge on any atom is -1.00 e. The van der Waals surface area contributed by atoms with Crippen LogP contribution in [-0.2, 0) is 19.2 Å². The number of nitro benzene ring substituents is 3. The van der Waals surface area contributed by atoms with E-state index in [9.17, 15) is 82.5 Å². The number of ketones is 2. The van der Waals surface area contributed by atoms with Gasteiger partial charge in [-0.15, -0.1) is 0 Å². The van der Waals surface area contributed by atoms with E-state index in [0.717, 1.165) is 0 Å². The Bertz CT molecular complexity index is 5280. The minimum absolute atomic E-state index is 0.